The Balaban J connectivity index is 2.67. The lowest BCUT2D eigenvalue weighted by molar-refractivity contribution is -0.121. The van der Waals surface area contributed by atoms with Crippen LogP contribution < -0.4 is 5.73 Å². The van der Waals surface area contributed by atoms with E-state index in [1.807, 2.05) is 6.07 Å². The van der Waals surface area contributed by atoms with Crippen molar-refractivity contribution in [3.8, 4) is 6.07 Å². The molecule has 0 aliphatic carbocycles. The zero-order valence-corrected chi connectivity index (χ0v) is 7.77. The molecule has 0 unspecified atom stereocenters. The number of nitrogens with zero attached hydrogens (tertiary/aromatic N) is 1. The highest BCUT2D eigenvalue weighted by Gasteiger charge is 2.07. The van der Waals surface area contributed by atoms with E-state index < -0.39 is 18.5 Å². The third kappa shape index (κ3) is 3.12. The van der Waals surface area contributed by atoms with Crippen LogP contribution in [0.3, 0.4) is 0 Å². The first-order valence-corrected chi connectivity index (χ1v) is 4.09. The number of nitrogens with two attached hydrogens (primary N) is 1. The van der Waals surface area contributed by atoms with Crippen LogP contribution in [-0.4, -0.2) is 18.5 Å². The number of primary amides is 1. The zero-order chi connectivity index (χ0) is 11.3. The Morgan fingerprint density at radius 2 is 1.93 bits per heavy atom. The summed E-state index contributed by atoms with van der Waals surface area (Å²) in [4.78, 5) is 21.6. The summed E-state index contributed by atoms with van der Waals surface area (Å²) in [5.41, 5.74) is 5.52. The Labute approximate surface area is 86.1 Å². The van der Waals surface area contributed by atoms with Gasteiger partial charge in [0.2, 0.25) is 0 Å². The van der Waals surface area contributed by atoms with Crippen molar-refractivity contribution in [1.29, 1.82) is 5.26 Å². The number of benzene rings is 1. The van der Waals surface area contributed by atoms with Crippen molar-refractivity contribution in [3.05, 3.63) is 35.4 Å². The highest BCUT2D eigenvalue weighted by molar-refractivity contribution is 5.91. The SMILES string of the molecule is N#Cc1ccc(C(=O)OCC(N)=O)cc1. The van der Waals surface area contributed by atoms with Gasteiger partial charge in [0.05, 0.1) is 17.2 Å². The third-order valence-corrected chi connectivity index (χ3v) is 1.60. The lowest BCUT2D eigenvalue weighted by Gasteiger charge is -2.01. The lowest BCUT2D eigenvalue weighted by Crippen LogP contribution is -2.20. The fraction of sp³-hybridized carbons (Fsp3) is 0.100. The quantitative estimate of drug-likeness (QED) is 0.711. The predicted octanol–water partition coefficient (Wildman–Crippen LogP) is 0.200. The standard InChI is InChI=1S/C10H8N2O3/c11-5-7-1-3-8(4-2-7)10(14)15-6-9(12)13/h1-4H,6H2,(H2,12,13). The number of carbonyl (C=O) groups excluding carboxylic acids is 2. The monoisotopic (exact) mass is 204 g/mol. The molecule has 0 spiro atoms. The van der Waals surface area contributed by atoms with E-state index in [2.05, 4.69) is 4.74 Å². The smallest absolute Gasteiger partial charge is 0.338 e. The molecule has 1 amide bonds. The van der Waals surface area contributed by atoms with Gasteiger partial charge in [0, 0.05) is 0 Å². The van der Waals surface area contributed by atoms with Crippen LogP contribution in [0.1, 0.15) is 15.9 Å². The third-order valence-electron chi connectivity index (χ3n) is 1.60. The van der Waals surface area contributed by atoms with Gasteiger partial charge in [-0.05, 0) is 24.3 Å². The van der Waals surface area contributed by atoms with E-state index in [0.29, 0.717) is 5.56 Å². The van der Waals surface area contributed by atoms with Gasteiger partial charge in [-0.25, -0.2) is 4.79 Å². The Morgan fingerprint density at radius 3 is 2.40 bits per heavy atom. The maximum absolute atomic E-state index is 11.2. The molecule has 76 valence electrons. The van der Waals surface area contributed by atoms with Crippen molar-refractivity contribution in [2.45, 2.75) is 0 Å². The topological polar surface area (TPSA) is 93.2 Å². The van der Waals surface area contributed by atoms with Crippen LogP contribution in [0, 0.1) is 11.3 Å². The van der Waals surface area contributed by atoms with E-state index >= 15 is 0 Å². The molecule has 0 aliphatic heterocycles. The van der Waals surface area contributed by atoms with Crippen molar-refractivity contribution in [2.75, 3.05) is 6.61 Å². The number of rotatable bonds is 3. The van der Waals surface area contributed by atoms with E-state index in [0.717, 1.165) is 0 Å². The lowest BCUT2D eigenvalue weighted by atomic mass is 10.1. The molecular weight excluding hydrogens is 196 g/mol. The maximum atomic E-state index is 11.2. The van der Waals surface area contributed by atoms with E-state index in [1.165, 1.54) is 24.3 Å². The Bertz CT molecular complexity index is 417. The molecule has 0 aliphatic rings. The number of nitriles is 1. The van der Waals surface area contributed by atoms with E-state index in [1.54, 1.807) is 0 Å². The highest BCUT2D eigenvalue weighted by Crippen LogP contribution is 2.04. The van der Waals surface area contributed by atoms with Gasteiger partial charge in [0.15, 0.2) is 6.61 Å². The first-order chi connectivity index (χ1) is 7.13. The molecule has 0 radical (unpaired) electrons. The number of esters is 1. The summed E-state index contributed by atoms with van der Waals surface area (Å²) in [5.74, 6) is -1.35. The number of carbonyl (C=O) groups is 2. The van der Waals surface area contributed by atoms with Crippen molar-refractivity contribution < 1.29 is 14.3 Å². The average Bonchev–Trinajstić information content (AvgIpc) is 2.26. The molecule has 0 aromatic heterocycles. The first kappa shape index (κ1) is 10.7. The molecule has 0 saturated heterocycles. The van der Waals surface area contributed by atoms with Gasteiger partial charge in [-0.3, -0.25) is 4.79 Å². The van der Waals surface area contributed by atoms with E-state index in [-0.39, 0.29) is 5.56 Å². The molecule has 0 atom stereocenters. The molecule has 5 heteroatoms. The second-order valence-electron chi connectivity index (χ2n) is 2.73. The summed E-state index contributed by atoms with van der Waals surface area (Å²) in [6, 6.07) is 7.78. The molecule has 5 nitrogen and oxygen atoms in total. The van der Waals surface area contributed by atoms with Crippen LogP contribution in [0.5, 0.6) is 0 Å². The summed E-state index contributed by atoms with van der Waals surface area (Å²) >= 11 is 0. The fourth-order valence-corrected chi connectivity index (χ4v) is 0.901. The number of amides is 1. The van der Waals surface area contributed by atoms with Crippen LogP contribution in [-0.2, 0) is 9.53 Å². The Morgan fingerprint density at radius 1 is 1.33 bits per heavy atom. The van der Waals surface area contributed by atoms with E-state index in [9.17, 15) is 9.59 Å². The minimum absolute atomic E-state index is 0.273. The predicted molar refractivity (Wildman–Crippen MR) is 50.6 cm³/mol. The molecule has 1 aromatic rings. The van der Waals surface area contributed by atoms with Crippen LogP contribution in [0.15, 0.2) is 24.3 Å². The fourth-order valence-electron chi connectivity index (χ4n) is 0.901. The summed E-state index contributed by atoms with van der Waals surface area (Å²) in [6.45, 7) is -0.446. The van der Waals surface area contributed by atoms with Gasteiger partial charge in [-0.1, -0.05) is 0 Å². The maximum Gasteiger partial charge on any atom is 0.338 e. The molecule has 0 heterocycles. The summed E-state index contributed by atoms with van der Waals surface area (Å²) < 4.78 is 4.57. The minimum atomic E-state index is -0.711. The molecule has 15 heavy (non-hydrogen) atoms. The zero-order valence-electron chi connectivity index (χ0n) is 7.77. The first-order valence-electron chi connectivity index (χ1n) is 4.09. The van der Waals surface area contributed by atoms with Gasteiger partial charge in [0.1, 0.15) is 0 Å². The highest BCUT2D eigenvalue weighted by atomic mass is 16.5. The second-order valence-corrected chi connectivity index (χ2v) is 2.73. The molecule has 0 fully saturated rings. The summed E-state index contributed by atoms with van der Waals surface area (Å²) in [5, 5.41) is 8.52. The summed E-state index contributed by atoms with van der Waals surface area (Å²) in [6.07, 6.45) is 0. The van der Waals surface area contributed by atoms with Crippen molar-refractivity contribution in [3.63, 3.8) is 0 Å². The molecule has 0 saturated carbocycles. The Hall–Kier alpha value is -2.35. The second kappa shape index (κ2) is 4.77. The van der Waals surface area contributed by atoms with E-state index in [4.69, 9.17) is 11.0 Å². The normalized spacial score (nSPS) is 9.00. The molecule has 1 rings (SSSR count). The van der Waals surface area contributed by atoms with Gasteiger partial charge in [-0.2, -0.15) is 5.26 Å². The summed E-state index contributed by atoms with van der Waals surface area (Å²) in [7, 11) is 0. The van der Waals surface area contributed by atoms with Crippen molar-refractivity contribution >= 4 is 11.9 Å². The number of ether oxygens (including phenoxy) is 1. The van der Waals surface area contributed by atoms with Gasteiger partial charge >= 0.3 is 5.97 Å². The van der Waals surface area contributed by atoms with Crippen LogP contribution in [0.25, 0.3) is 0 Å². The van der Waals surface area contributed by atoms with Crippen LogP contribution >= 0.6 is 0 Å². The molecule has 1 aromatic carbocycles. The average molecular weight is 204 g/mol. The largest absolute Gasteiger partial charge is 0.452 e. The number of hydrogen-bond acceptors (Lipinski definition) is 4. The van der Waals surface area contributed by atoms with Gasteiger partial charge in [-0.15, -0.1) is 0 Å². The molecule has 2 N–H and O–H groups in total. The Kier molecular flexibility index (Phi) is 3.41. The van der Waals surface area contributed by atoms with Crippen LogP contribution in [0.4, 0.5) is 0 Å². The van der Waals surface area contributed by atoms with Crippen molar-refractivity contribution in [1.82, 2.24) is 0 Å². The molecule has 0 bridgehead atoms. The molecular formula is C10H8N2O3. The van der Waals surface area contributed by atoms with Gasteiger partial charge < -0.3 is 10.5 Å². The van der Waals surface area contributed by atoms with Crippen LogP contribution in [0.2, 0.25) is 0 Å². The van der Waals surface area contributed by atoms with Crippen molar-refractivity contribution in [2.24, 2.45) is 5.73 Å². The minimum Gasteiger partial charge on any atom is -0.452 e. The number of hydrogen-bond donors (Lipinski definition) is 1. The van der Waals surface area contributed by atoms with Gasteiger partial charge in [0.25, 0.3) is 5.91 Å².